The maximum absolute atomic E-state index is 12.8. The summed E-state index contributed by atoms with van der Waals surface area (Å²) in [5.41, 5.74) is -0.320. The summed E-state index contributed by atoms with van der Waals surface area (Å²) in [5, 5.41) is 5.55. The van der Waals surface area contributed by atoms with Gasteiger partial charge in [-0.2, -0.15) is 24.5 Å². The van der Waals surface area contributed by atoms with Gasteiger partial charge in [0.25, 0.3) is 0 Å². The topological polar surface area (TPSA) is 30.5 Å². The van der Waals surface area contributed by atoms with Crippen molar-refractivity contribution < 1.29 is 22.6 Å². The molecule has 2 heterocycles. The van der Waals surface area contributed by atoms with Gasteiger partial charge in [0, 0.05) is 17.8 Å². The lowest BCUT2D eigenvalue weighted by Crippen LogP contribution is -2.24. The van der Waals surface area contributed by atoms with Crippen LogP contribution in [0, 0.1) is 0 Å². The van der Waals surface area contributed by atoms with Crippen LogP contribution in [0.25, 0.3) is 0 Å². The van der Waals surface area contributed by atoms with Gasteiger partial charge in [-0.25, -0.2) is 0 Å². The fourth-order valence-electron chi connectivity index (χ4n) is 1.94. The van der Waals surface area contributed by atoms with E-state index in [1.54, 1.807) is 7.05 Å². The molecule has 7 heteroatoms. The van der Waals surface area contributed by atoms with Crippen LogP contribution >= 0.6 is 11.3 Å². The van der Waals surface area contributed by atoms with Gasteiger partial charge in [0.1, 0.15) is 0 Å². The van der Waals surface area contributed by atoms with E-state index in [1.165, 1.54) is 5.38 Å². The molecule has 1 saturated heterocycles. The van der Waals surface area contributed by atoms with Gasteiger partial charge in [0.05, 0.1) is 18.8 Å². The Hall–Kier alpha value is -0.630. The van der Waals surface area contributed by atoms with Crippen LogP contribution < -0.4 is 5.32 Å². The highest BCUT2D eigenvalue weighted by molar-refractivity contribution is 7.08. The van der Waals surface area contributed by atoms with Crippen molar-refractivity contribution in [3.63, 3.8) is 0 Å². The van der Waals surface area contributed by atoms with Gasteiger partial charge in [-0.15, -0.1) is 0 Å². The molecule has 1 aliphatic heterocycles. The van der Waals surface area contributed by atoms with Gasteiger partial charge < -0.3 is 14.8 Å². The first kappa shape index (κ1) is 13.8. The first-order valence-corrected chi connectivity index (χ1v) is 6.50. The van der Waals surface area contributed by atoms with Crippen molar-refractivity contribution in [2.45, 2.75) is 24.9 Å². The average molecular weight is 281 g/mol. The molecule has 0 amide bonds. The third-order valence-corrected chi connectivity index (χ3v) is 3.60. The lowest BCUT2D eigenvalue weighted by atomic mass is 10.0. The Bertz CT molecular complexity index is 388. The van der Waals surface area contributed by atoms with Crippen molar-refractivity contribution in [1.82, 2.24) is 5.32 Å². The normalized spacial score (nSPS) is 19.3. The molecule has 2 rings (SSSR count). The van der Waals surface area contributed by atoms with Crippen molar-refractivity contribution in [2.75, 3.05) is 20.3 Å². The standard InChI is InChI=1S/C11H14F3NO2S/c1-15-9(4-10-16-2-3-17-10)7-5-18-6-8(7)11(12,13)14/h5-6,9-10,15H,2-4H2,1H3. The summed E-state index contributed by atoms with van der Waals surface area (Å²) in [4.78, 5) is 0. The summed E-state index contributed by atoms with van der Waals surface area (Å²) in [5.74, 6) is 0. The van der Waals surface area contributed by atoms with E-state index in [9.17, 15) is 13.2 Å². The molecule has 18 heavy (non-hydrogen) atoms. The van der Waals surface area contributed by atoms with Crippen LogP contribution in [0.1, 0.15) is 23.6 Å². The fraction of sp³-hybridized carbons (Fsp3) is 0.636. The number of thiophene rings is 1. The average Bonchev–Trinajstić information content (AvgIpc) is 2.95. The molecule has 1 aliphatic rings. The molecule has 3 nitrogen and oxygen atoms in total. The highest BCUT2D eigenvalue weighted by Crippen LogP contribution is 2.38. The third kappa shape index (κ3) is 3.03. The summed E-state index contributed by atoms with van der Waals surface area (Å²) in [7, 11) is 1.64. The van der Waals surface area contributed by atoms with Crippen molar-refractivity contribution in [2.24, 2.45) is 0 Å². The molecule has 1 fully saturated rings. The molecule has 102 valence electrons. The van der Waals surface area contributed by atoms with Crippen LogP contribution in [0.2, 0.25) is 0 Å². The van der Waals surface area contributed by atoms with Crippen LogP contribution in [-0.4, -0.2) is 26.6 Å². The number of rotatable bonds is 4. The number of hydrogen-bond donors (Lipinski definition) is 1. The Kier molecular flexibility index (Phi) is 4.26. The maximum atomic E-state index is 12.8. The van der Waals surface area contributed by atoms with Crippen molar-refractivity contribution in [1.29, 1.82) is 0 Å². The minimum atomic E-state index is -4.32. The number of nitrogens with one attached hydrogen (secondary N) is 1. The quantitative estimate of drug-likeness (QED) is 0.920. The lowest BCUT2D eigenvalue weighted by Gasteiger charge is -2.20. The number of alkyl halides is 3. The fourth-order valence-corrected chi connectivity index (χ4v) is 2.85. The summed E-state index contributed by atoms with van der Waals surface area (Å²) in [6.45, 7) is 0.994. The van der Waals surface area contributed by atoms with E-state index in [2.05, 4.69) is 5.32 Å². The zero-order valence-electron chi connectivity index (χ0n) is 9.79. The van der Waals surface area contributed by atoms with Gasteiger partial charge in [0.2, 0.25) is 0 Å². The first-order chi connectivity index (χ1) is 8.52. The van der Waals surface area contributed by atoms with Gasteiger partial charge in [0.15, 0.2) is 6.29 Å². The lowest BCUT2D eigenvalue weighted by molar-refractivity contribution is -0.138. The molecule has 1 atom stereocenters. The second-order valence-corrected chi connectivity index (χ2v) is 4.73. The minimum Gasteiger partial charge on any atom is -0.350 e. The molecule has 1 N–H and O–H groups in total. The molecule has 1 unspecified atom stereocenters. The maximum Gasteiger partial charge on any atom is 0.417 e. The third-order valence-electron chi connectivity index (χ3n) is 2.84. The van der Waals surface area contributed by atoms with Crippen LogP contribution in [-0.2, 0) is 15.7 Å². The molecule has 0 bridgehead atoms. The van der Waals surface area contributed by atoms with E-state index < -0.39 is 24.1 Å². The van der Waals surface area contributed by atoms with Crippen LogP contribution in [0.5, 0.6) is 0 Å². The molecule has 0 saturated carbocycles. The summed E-state index contributed by atoms with van der Waals surface area (Å²) >= 11 is 1.05. The van der Waals surface area contributed by atoms with E-state index in [0.29, 0.717) is 19.6 Å². The predicted octanol–water partition coefficient (Wildman–Crippen LogP) is 2.79. The molecule has 1 aromatic rings. The Morgan fingerprint density at radius 1 is 1.39 bits per heavy atom. The van der Waals surface area contributed by atoms with Gasteiger partial charge in [-0.1, -0.05) is 0 Å². The van der Waals surface area contributed by atoms with Crippen molar-refractivity contribution >= 4 is 11.3 Å². The summed E-state index contributed by atoms with van der Waals surface area (Å²) in [6, 6.07) is -0.420. The molecule has 0 aromatic carbocycles. The monoisotopic (exact) mass is 281 g/mol. The van der Waals surface area contributed by atoms with Crippen LogP contribution in [0.15, 0.2) is 10.8 Å². The molecule has 1 aromatic heterocycles. The molecule has 0 spiro atoms. The zero-order valence-corrected chi connectivity index (χ0v) is 10.6. The number of halogens is 3. The minimum absolute atomic E-state index is 0.258. The molecule has 0 radical (unpaired) electrons. The van der Waals surface area contributed by atoms with Gasteiger partial charge >= 0.3 is 6.18 Å². The van der Waals surface area contributed by atoms with Crippen LogP contribution in [0.4, 0.5) is 13.2 Å². The zero-order chi connectivity index (χ0) is 13.2. The predicted molar refractivity (Wildman–Crippen MR) is 61.4 cm³/mol. The second kappa shape index (κ2) is 5.56. The van der Waals surface area contributed by atoms with E-state index >= 15 is 0 Å². The Balaban J connectivity index is 2.14. The summed E-state index contributed by atoms with van der Waals surface area (Å²) < 4.78 is 49.0. The van der Waals surface area contributed by atoms with E-state index in [0.717, 1.165) is 16.7 Å². The molecular weight excluding hydrogens is 267 g/mol. The second-order valence-electron chi connectivity index (χ2n) is 3.99. The Morgan fingerprint density at radius 2 is 2.06 bits per heavy atom. The van der Waals surface area contributed by atoms with E-state index in [1.807, 2.05) is 0 Å². The molecule has 0 aliphatic carbocycles. The Labute approximate surface area is 107 Å². The van der Waals surface area contributed by atoms with E-state index in [-0.39, 0.29) is 5.56 Å². The van der Waals surface area contributed by atoms with Gasteiger partial charge in [-0.3, -0.25) is 0 Å². The number of hydrogen-bond acceptors (Lipinski definition) is 4. The smallest absolute Gasteiger partial charge is 0.350 e. The highest BCUT2D eigenvalue weighted by atomic mass is 32.1. The van der Waals surface area contributed by atoms with Crippen molar-refractivity contribution in [3.05, 3.63) is 21.9 Å². The number of ether oxygens (including phenoxy) is 2. The first-order valence-electron chi connectivity index (χ1n) is 5.56. The van der Waals surface area contributed by atoms with Crippen LogP contribution in [0.3, 0.4) is 0 Å². The largest absolute Gasteiger partial charge is 0.417 e. The summed E-state index contributed by atoms with van der Waals surface area (Å²) in [6.07, 6.45) is -4.37. The Morgan fingerprint density at radius 3 is 2.61 bits per heavy atom. The van der Waals surface area contributed by atoms with E-state index in [4.69, 9.17) is 9.47 Å². The van der Waals surface area contributed by atoms with Gasteiger partial charge in [-0.05, 0) is 18.0 Å². The SMILES string of the molecule is CNC(CC1OCCO1)c1cscc1C(F)(F)F. The van der Waals surface area contributed by atoms with Crippen molar-refractivity contribution in [3.8, 4) is 0 Å². The molecular formula is C11H14F3NO2S. The highest BCUT2D eigenvalue weighted by Gasteiger charge is 2.36.